The lowest BCUT2D eigenvalue weighted by Gasteiger charge is -2.33. The Bertz CT molecular complexity index is 1620. The number of nitrogens with zero attached hydrogens (tertiary/aromatic N) is 5. The Hall–Kier alpha value is -3.20. The largest absolute Gasteiger partial charge is 0.393 e. The lowest BCUT2D eigenvalue weighted by molar-refractivity contribution is -0.126. The number of halogens is 3. The second kappa shape index (κ2) is 12.4. The molecule has 1 aliphatic heterocycles. The number of aromatic nitrogens is 3. The summed E-state index contributed by atoms with van der Waals surface area (Å²) in [5, 5.41) is 18.6. The Morgan fingerprint density at radius 2 is 1.88 bits per heavy atom. The number of thiophene rings is 1. The first-order valence-corrected chi connectivity index (χ1v) is 15.7. The number of rotatable bonds is 10. The van der Waals surface area contributed by atoms with Crippen LogP contribution in [-0.2, 0) is 19.5 Å². The van der Waals surface area contributed by atoms with Crippen molar-refractivity contribution in [2.75, 3.05) is 25.5 Å². The van der Waals surface area contributed by atoms with Crippen LogP contribution < -0.4 is 10.6 Å². The van der Waals surface area contributed by atoms with Crippen molar-refractivity contribution in [3.05, 3.63) is 52.3 Å². The molecule has 1 unspecified atom stereocenters. The lowest BCUT2D eigenvalue weighted by Crippen LogP contribution is -2.39. The number of hydrogen-bond acceptors (Lipinski definition) is 7. The number of likely N-dealkylation sites (tertiary alicyclic amines) is 1. The van der Waals surface area contributed by atoms with Crippen molar-refractivity contribution in [3.8, 4) is 6.07 Å². The number of aryl methyl sites for hydroxylation is 1. The molecule has 230 valence electrons. The zero-order valence-electron chi connectivity index (χ0n) is 25.5. The van der Waals surface area contributed by atoms with Gasteiger partial charge in [-0.25, -0.2) is 9.97 Å². The minimum absolute atomic E-state index is 0.0341. The van der Waals surface area contributed by atoms with Crippen molar-refractivity contribution in [3.63, 3.8) is 0 Å². The number of alkyl halides is 3. The molecule has 0 saturated carbocycles. The second-order valence-electron chi connectivity index (χ2n) is 12.6. The van der Waals surface area contributed by atoms with E-state index in [1.165, 1.54) is 17.5 Å². The van der Waals surface area contributed by atoms with E-state index in [9.17, 15) is 18.4 Å². The molecule has 7 nitrogen and oxygen atoms in total. The molecule has 1 atom stereocenters. The fraction of sp³-hybridized carbons (Fsp3) is 0.531. The predicted molar refractivity (Wildman–Crippen MR) is 167 cm³/mol. The Kier molecular flexibility index (Phi) is 9.02. The normalized spacial score (nSPS) is 16.2. The van der Waals surface area contributed by atoms with Gasteiger partial charge >= 0.3 is 6.18 Å². The highest BCUT2D eigenvalue weighted by molar-refractivity contribution is 7.18. The van der Waals surface area contributed by atoms with Gasteiger partial charge in [0.2, 0.25) is 0 Å². The zero-order chi connectivity index (χ0) is 30.9. The highest BCUT2D eigenvalue weighted by Gasteiger charge is 2.29. The third-order valence-electron chi connectivity index (χ3n) is 8.69. The molecule has 0 bridgehead atoms. The summed E-state index contributed by atoms with van der Waals surface area (Å²) in [4.78, 5) is 11.8. The third kappa shape index (κ3) is 7.31. The average molecular weight is 612 g/mol. The molecule has 4 aromatic rings. The summed E-state index contributed by atoms with van der Waals surface area (Å²) in [6.07, 6.45) is -0.967. The highest BCUT2D eigenvalue weighted by Crippen LogP contribution is 2.34. The molecule has 4 heterocycles. The summed E-state index contributed by atoms with van der Waals surface area (Å²) in [6.45, 7) is 12.2. The predicted octanol–water partition coefficient (Wildman–Crippen LogP) is 7.03. The number of nitrogens with one attached hydrogen (secondary N) is 2. The van der Waals surface area contributed by atoms with Crippen LogP contribution in [0.4, 0.5) is 19.0 Å². The van der Waals surface area contributed by atoms with Crippen molar-refractivity contribution >= 4 is 38.3 Å². The van der Waals surface area contributed by atoms with Crippen molar-refractivity contribution in [1.29, 1.82) is 5.26 Å². The van der Waals surface area contributed by atoms with Crippen LogP contribution in [-0.4, -0.2) is 57.3 Å². The molecule has 2 N–H and O–H groups in total. The first-order chi connectivity index (χ1) is 20.4. The molecule has 0 radical (unpaired) electrons. The fourth-order valence-electron chi connectivity index (χ4n) is 6.31. The number of anilines is 1. The molecule has 1 saturated heterocycles. The molecule has 0 amide bonds. The Morgan fingerprint density at radius 3 is 2.56 bits per heavy atom. The van der Waals surface area contributed by atoms with E-state index in [2.05, 4.69) is 76.0 Å². The van der Waals surface area contributed by atoms with Gasteiger partial charge in [-0.05, 0) is 82.3 Å². The maximum atomic E-state index is 12.9. The lowest BCUT2D eigenvalue weighted by atomic mass is 9.91. The molecule has 5 rings (SSSR count). The van der Waals surface area contributed by atoms with E-state index in [0.29, 0.717) is 27.6 Å². The van der Waals surface area contributed by atoms with Gasteiger partial charge in [-0.1, -0.05) is 13.0 Å². The Balaban J connectivity index is 1.23. The van der Waals surface area contributed by atoms with Gasteiger partial charge in [-0.2, -0.15) is 18.4 Å². The minimum atomic E-state index is -4.25. The molecule has 43 heavy (non-hydrogen) atoms. The van der Waals surface area contributed by atoms with Gasteiger partial charge in [-0.3, -0.25) is 4.90 Å². The SMILES string of the molecule is CNC(C)(C)CC(C)Cn1c(C#N)cc2c(C)c(CN3CCC(Nc4ncnc5sc(CC(F)(F)F)cc45)CC3)ccc21. The standard InChI is InChI=1S/C32H40F3N7S/c1-20(14-31(3,4)37-5)17-42-24(16-36)12-26-21(2)22(6-7-28(26)42)18-41-10-8-23(9-11-41)40-29-27-13-25(15-32(33,34)35)43-30(27)39-19-38-29/h6-7,12-13,19-20,23,37H,8-11,14-15,17-18H2,1-5H3,(H,38,39,40). The molecule has 11 heteroatoms. The van der Waals surface area contributed by atoms with E-state index in [1.807, 2.05) is 13.1 Å². The molecule has 3 aromatic heterocycles. The third-order valence-corrected chi connectivity index (χ3v) is 9.73. The Labute approximate surface area is 255 Å². The van der Waals surface area contributed by atoms with Crippen LogP contribution in [0.3, 0.4) is 0 Å². The number of nitriles is 1. The van der Waals surface area contributed by atoms with Gasteiger partial charge in [0.25, 0.3) is 0 Å². The Morgan fingerprint density at radius 1 is 1.14 bits per heavy atom. The van der Waals surface area contributed by atoms with E-state index in [4.69, 9.17) is 0 Å². The van der Waals surface area contributed by atoms with Crippen molar-refractivity contribution in [2.24, 2.45) is 5.92 Å². The number of benzene rings is 1. The summed E-state index contributed by atoms with van der Waals surface area (Å²) in [7, 11) is 1.99. The summed E-state index contributed by atoms with van der Waals surface area (Å²) in [5.41, 5.74) is 4.32. The van der Waals surface area contributed by atoms with Crippen LogP contribution >= 0.6 is 11.3 Å². The first kappa shape index (κ1) is 31.2. The smallest absolute Gasteiger partial charge is 0.367 e. The van der Waals surface area contributed by atoms with Crippen molar-refractivity contribution in [2.45, 2.75) is 84.2 Å². The topological polar surface area (TPSA) is 81.8 Å². The fourth-order valence-corrected chi connectivity index (χ4v) is 7.33. The summed E-state index contributed by atoms with van der Waals surface area (Å²) < 4.78 is 40.9. The van der Waals surface area contributed by atoms with Crippen LogP contribution in [0, 0.1) is 24.2 Å². The van der Waals surface area contributed by atoms with Gasteiger partial charge in [0.1, 0.15) is 28.7 Å². The zero-order valence-corrected chi connectivity index (χ0v) is 26.3. The van der Waals surface area contributed by atoms with E-state index in [-0.39, 0.29) is 16.5 Å². The van der Waals surface area contributed by atoms with Crippen molar-refractivity contribution < 1.29 is 13.2 Å². The van der Waals surface area contributed by atoms with Crippen LogP contribution in [0.25, 0.3) is 21.1 Å². The van der Waals surface area contributed by atoms with E-state index in [0.717, 1.165) is 67.7 Å². The van der Waals surface area contributed by atoms with Gasteiger partial charge in [-0.15, -0.1) is 11.3 Å². The maximum Gasteiger partial charge on any atom is 0.393 e. The van der Waals surface area contributed by atoms with E-state index < -0.39 is 12.6 Å². The van der Waals surface area contributed by atoms with Crippen molar-refractivity contribution in [1.82, 2.24) is 24.8 Å². The van der Waals surface area contributed by atoms with Gasteiger partial charge in [0.05, 0.1) is 11.8 Å². The summed E-state index contributed by atoms with van der Waals surface area (Å²) >= 11 is 1.07. The molecular formula is C32H40F3N7S. The van der Waals surface area contributed by atoms with Gasteiger partial charge < -0.3 is 15.2 Å². The molecule has 0 spiro atoms. The van der Waals surface area contributed by atoms with Crippen LogP contribution in [0.2, 0.25) is 0 Å². The maximum absolute atomic E-state index is 12.9. The quantitative estimate of drug-likeness (QED) is 0.200. The number of piperidine rings is 1. The average Bonchev–Trinajstić information content (AvgIpc) is 3.51. The first-order valence-electron chi connectivity index (χ1n) is 14.9. The van der Waals surface area contributed by atoms with E-state index in [1.54, 1.807) is 6.07 Å². The molecule has 1 aromatic carbocycles. The number of hydrogen-bond donors (Lipinski definition) is 2. The molecule has 0 aliphatic carbocycles. The van der Waals surface area contributed by atoms with Gasteiger partial charge in [0, 0.05) is 53.5 Å². The minimum Gasteiger partial charge on any atom is -0.367 e. The molecule has 1 fully saturated rings. The second-order valence-corrected chi connectivity index (χ2v) is 13.7. The summed E-state index contributed by atoms with van der Waals surface area (Å²) in [5.74, 6) is 1.01. The van der Waals surface area contributed by atoms with E-state index >= 15 is 0 Å². The van der Waals surface area contributed by atoms with Crippen LogP contribution in [0.5, 0.6) is 0 Å². The summed E-state index contributed by atoms with van der Waals surface area (Å²) in [6, 6.07) is 10.6. The van der Waals surface area contributed by atoms with Crippen LogP contribution in [0.1, 0.15) is 61.7 Å². The monoisotopic (exact) mass is 611 g/mol. The van der Waals surface area contributed by atoms with Gasteiger partial charge in [0.15, 0.2) is 0 Å². The highest BCUT2D eigenvalue weighted by atomic mass is 32.1. The van der Waals surface area contributed by atoms with Crippen LogP contribution in [0.15, 0.2) is 30.6 Å². The molecular weight excluding hydrogens is 571 g/mol. The molecule has 1 aliphatic rings. The number of fused-ring (bicyclic) bond motifs is 2.